The molecule has 0 spiro atoms. The Kier molecular flexibility index (Phi) is 7.38. The fraction of sp³-hybridized carbons (Fsp3) is 0.963. The monoisotopic (exact) mass is 432 g/mol. The molecule has 4 heteroatoms. The number of aliphatic hydroxyl groups excluding tert-OH is 1. The summed E-state index contributed by atoms with van der Waals surface area (Å²) in [5.74, 6) is 4.41. The van der Waals surface area contributed by atoms with Gasteiger partial charge in [-0.1, -0.05) is 19.0 Å². The predicted octanol–water partition coefficient (Wildman–Crippen LogP) is 5.74. The van der Waals surface area contributed by atoms with Crippen LogP contribution in [-0.2, 0) is 4.84 Å². The summed E-state index contributed by atoms with van der Waals surface area (Å²) in [5, 5.41) is 14.5. The number of rotatable bonds is 8. The van der Waals surface area contributed by atoms with Crippen LogP contribution in [0.4, 0.5) is 0 Å². The molecule has 0 saturated heterocycles. The molecular weight excluding hydrogens is 384 g/mol. The summed E-state index contributed by atoms with van der Waals surface area (Å²) in [7, 11) is 4.19. The fourth-order valence-corrected chi connectivity index (χ4v) is 8.70. The Morgan fingerprint density at radius 1 is 1.00 bits per heavy atom. The SMILES string of the molecule is CN(C)CCCO/N=C/CC[C@H]1CC[C@H]2[C@@H]3CC[C@@H]4C[C@@H](O)CC[C@]4(C)[C@H]3CC[C@]12C. The molecule has 0 heterocycles. The van der Waals surface area contributed by atoms with E-state index in [1.807, 2.05) is 6.21 Å². The molecule has 8 atom stereocenters. The van der Waals surface area contributed by atoms with Gasteiger partial charge in [-0.25, -0.2) is 0 Å². The van der Waals surface area contributed by atoms with Crippen molar-refractivity contribution >= 4 is 6.21 Å². The first-order chi connectivity index (χ1) is 14.8. The lowest BCUT2D eigenvalue weighted by atomic mass is 9.44. The summed E-state index contributed by atoms with van der Waals surface area (Å²) >= 11 is 0. The first kappa shape index (κ1) is 23.5. The molecule has 4 aliphatic carbocycles. The van der Waals surface area contributed by atoms with Gasteiger partial charge in [-0.2, -0.15) is 0 Å². The number of aliphatic hydroxyl groups is 1. The van der Waals surface area contributed by atoms with E-state index in [4.69, 9.17) is 4.84 Å². The zero-order valence-corrected chi connectivity index (χ0v) is 20.7. The highest BCUT2D eigenvalue weighted by molar-refractivity contribution is 5.56. The highest BCUT2D eigenvalue weighted by Gasteiger charge is 2.59. The number of nitrogens with zero attached hydrogens (tertiary/aromatic N) is 2. The van der Waals surface area contributed by atoms with Crippen LogP contribution < -0.4 is 0 Å². The molecule has 0 aromatic carbocycles. The number of fused-ring (bicyclic) bond motifs is 5. The highest BCUT2D eigenvalue weighted by Crippen LogP contribution is 2.67. The molecule has 178 valence electrons. The zero-order chi connectivity index (χ0) is 22.1. The molecule has 4 nitrogen and oxygen atoms in total. The second-order valence-corrected chi connectivity index (χ2v) is 12.3. The molecule has 4 rings (SSSR count). The number of hydrogen-bond donors (Lipinski definition) is 1. The third kappa shape index (κ3) is 4.71. The molecule has 0 aromatic rings. The van der Waals surface area contributed by atoms with Gasteiger partial charge >= 0.3 is 0 Å². The van der Waals surface area contributed by atoms with Crippen LogP contribution in [-0.4, -0.2) is 49.6 Å². The summed E-state index contributed by atoms with van der Waals surface area (Å²) < 4.78 is 0. The Morgan fingerprint density at radius 3 is 2.58 bits per heavy atom. The maximum atomic E-state index is 10.2. The van der Waals surface area contributed by atoms with E-state index in [-0.39, 0.29) is 6.10 Å². The van der Waals surface area contributed by atoms with Crippen molar-refractivity contribution in [1.82, 2.24) is 4.90 Å². The second kappa shape index (κ2) is 9.71. The average molecular weight is 433 g/mol. The van der Waals surface area contributed by atoms with Gasteiger partial charge < -0.3 is 14.8 Å². The largest absolute Gasteiger partial charge is 0.396 e. The van der Waals surface area contributed by atoms with Crippen molar-refractivity contribution in [2.45, 2.75) is 97.0 Å². The summed E-state index contributed by atoms with van der Waals surface area (Å²) in [6, 6.07) is 0. The van der Waals surface area contributed by atoms with E-state index >= 15 is 0 Å². The van der Waals surface area contributed by atoms with Crippen LogP contribution >= 0.6 is 0 Å². The van der Waals surface area contributed by atoms with Gasteiger partial charge in [0.25, 0.3) is 0 Å². The quantitative estimate of drug-likeness (QED) is 0.302. The zero-order valence-electron chi connectivity index (χ0n) is 20.7. The normalized spacial score (nSPS) is 44.8. The van der Waals surface area contributed by atoms with Crippen molar-refractivity contribution in [3.8, 4) is 0 Å². The van der Waals surface area contributed by atoms with Crippen LogP contribution in [0.2, 0.25) is 0 Å². The van der Waals surface area contributed by atoms with Crippen LogP contribution in [0.15, 0.2) is 5.16 Å². The van der Waals surface area contributed by atoms with Gasteiger partial charge in [-0.05, 0) is 132 Å². The topological polar surface area (TPSA) is 45.1 Å². The van der Waals surface area contributed by atoms with E-state index in [9.17, 15) is 5.11 Å². The van der Waals surface area contributed by atoms with Crippen molar-refractivity contribution < 1.29 is 9.94 Å². The van der Waals surface area contributed by atoms with Gasteiger partial charge in [0.05, 0.1) is 6.10 Å². The van der Waals surface area contributed by atoms with Crippen LogP contribution in [0.5, 0.6) is 0 Å². The van der Waals surface area contributed by atoms with Crippen LogP contribution in [0, 0.1) is 40.4 Å². The molecule has 0 bridgehead atoms. The molecule has 31 heavy (non-hydrogen) atoms. The van der Waals surface area contributed by atoms with Gasteiger partial charge in [0.15, 0.2) is 0 Å². The number of hydrogen-bond acceptors (Lipinski definition) is 4. The average Bonchev–Trinajstić information content (AvgIpc) is 3.06. The lowest BCUT2D eigenvalue weighted by Gasteiger charge is -2.61. The van der Waals surface area contributed by atoms with Crippen LogP contribution in [0.3, 0.4) is 0 Å². The Balaban J connectivity index is 1.29. The standard InChI is InChI=1S/C27H48N2O2/c1-26-15-13-25-23(10-8-21-19-22(30)12-14-27(21,25)2)24(26)11-9-20(26)7-5-16-28-31-18-6-17-29(3)4/h16,20-25,30H,5-15,17-19H2,1-4H3/b28-16+/t20-,21+,22-,23-,24-,25-,26+,27-/m0/s1. The Hall–Kier alpha value is -0.610. The van der Waals surface area contributed by atoms with Gasteiger partial charge in [-0.3, -0.25) is 0 Å². The van der Waals surface area contributed by atoms with Crippen LogP contribution in [0.1, 0.15) is 90.9 Å². The molecule has 1 N–H and O–H groups in total. The molecule has 4 aliphatic rings. The van der Waals surface area contributed by atoms with Crippen LogP contribution in [0.25, 0.3) is 0 Å². The molecule has 4 saturated carbocycles. The predicted molar refractivity (Wildman–Crippen MR) is 128 cm³/mol. The first-order valence-corrected chi connectivity index (χ1v) is 13.3. The molecular formula is C27H48N2O2. The van der Waals surface area contributed by atoms with Crippen molar-refractivity contribution in [3.05, 3.63) is 0 Å². The first-order valence-electron chi connectivity index (χ1n) is 13.3. The second-order valence-electron chi connectivity index (χ2n) is 12.3. The molecule has 0 aromatic heterocycles. The highest BCUT2D eigenvalue weighted by atomic mass is 16.6. The fourth-order valence-electron chi connectivity index (χ4n) is 8.70. The minimum absolute atomic E-state index is 0.0297. The summed E-state index contributed by atoms with van der Waals surface area (Å²) in [4.78, 5) is 7.63. The maximum Gasteiger partial charge on any atom is 0.118 e. The summed E-state index contributed by atoms with van der Waals surface area (Å²) in [6.45, 7) is 7.02. The lowest BCUT2D eigenvalue weighted by Crippen LogP contribution is -2.53. The Bertz CT molecular complexity index is 622. The summed E-state index contributed by atoms with van der Waals surface area (Å²) in [5.41, 5.74) is 1.04. The third-order valence-electron chi connectivity index (χ3n) is 10.5. The molecule has 0 aliphatic heterocycles. The maximum absolute atomic E-state index is 10.2. The minimum Gasteiger partial charge on any atom is -0.396 e. The van der Waals surface area contributed by atoms with Crippen molar-refractivity contribution in [1.29, 1.82) is 0 Å². The van der Waals surface area contributed by atoms with Gasteiger partial charge in [0.2, 0.25) is 0 Å². The van der Waals surface area contributed by atoms with Gasteiger partial charge in [-0.15, -0.1) is 0 Å². The van der Waals surface area contributed by atoms with E-state index in [1.54, 1.807) is 0 Å². The van der Waals surface area contributed by atoms with E-state index < -0.39 is 0 Å². The van der Waals surface area contributed by atoms with Crippen molar-refractivity contribution in [2.24, 2.45) is 45.6 Å². The third-order valence-corrected chi connectivity index (χ3v) is 10.5. The van der Waals surface area contributed by atoms with Crippen molar-refractivity contribution in [3.63, 3.8) is 0 Å². The molecule has 0 amide bonds. The Morgan fingerprint density at radius 2 is 1.77 bits per heavy atom. The molecule has 0 unspecified atom stereocenters. The van der Waals surface area contributed by atoms with Gasteiger partial charge in [0, 0.05) is 12.8 Å². The van der Waals surface area contributed by atoms with E-state index in [0.29, 0.717) is 10.8 Å². The van der Waals surface area contributed by atoms with Crippen molar-refractivity contribution in [2.75, 3.05) is 27.2 Å². The smallest absolute Gasteiger partial charge is 0.118 e. The van der Waals surface area contributed by atoms with E-state index in [0.717, 1.165) is 68.4 Å². The minimum atomic E-state index is -0.0297. The Labute approximate surface area is 191 Å². The number of oxime groups is 1. The summed E-state index contributed by atoms with van der Waals surface area (Å²) in [6.07, 6.45) is 17.3. The van der Waals surface area contributed by atoms with Gasteiger partial charge in [0.1, 0.15) is 6.61 Å². The van der Waals surface area contributed by atoms with E-state index in [1.165, 1.54) is 51.4 Å². The molecule has 4 fully saturated rings. The van der Waals surface area contributed by atoms with E-state index in [2.05, 4.69) is 38.0 Å². The molecule has 0 radical (unpaired) electrons. The lowest BCUT2D eigenvalue weighted by molar-refractivity contribution is -0.126.